The van der Waals surface area contributed by atoms with Gasteiger partial charge in [-0.2, -0.15) is 0 Å². The molecule has 0 aliphatic carbocycles. The van der Waals surface area contributed by atoms with E-state index in [0.29, 0.717) is 43.9 Å². The van der Waals surface area contributed by atoms with Gasteiger partial charge in [0.1, 0.15) is 0 Å². The molecule has 0 bridgehead atoms. The topological polar surface area (TPSA) is 91.0 Å². The molecule has 3 amide bonds. The number of nitrogens with one attached hydrogen (secondary N) is 2. The molecule has 29 heavy (non-hydrogen) atoms. The molecule has 2 heterocycles. The molecule has 0 spiro atoms. The van der Waals surface area contributed by atoms with E-state index in [1.54, 1.807) is 29.2 Å². The Balaban J connectivity index is 1.64. The SMILES string of the molecule is CC(=O)Nc1ccc(C(=O)N(CCC(=O)N2CCNCC2)CC2CCCO2)cc1. The summed E-state index contributed by atoms with van der Waals surface area (Å²) in [5.74, 6) is -0.198. The van der Waals surface area contributed by atoms with E-state index >= 15 is 0 Å². The van der Waals surface area contributed by atoms with Crippen LogP contribution in [0.25, 0.3) is 0 Å². The number of nitrogens with zero attached hydrogens (tertiary/aromatic N) is 2. The predicted molar refractivity (Wildman–Crippen MR) is 110 cm³/mol. The highest BCUT2D eigenvalue weighted by Gasteiger charge is 2.25. The highest BCUT2D eigenvalue weighted by Crippen LogP contribution is 2.17. The number of anilines is 1. The van der Waals surface area contributed by atoms with Crippen molar-refractivity contribution >= 4 is 23.4 Å². The van der Waals surface area contributed by atoms with Crippen molar-refractivity contribution in [2.75, 3.05) is 51.2 Å². The quantitative estimate of drug-likeness (QED) is 0.712. The average molecular weight is 402 g/mol. The Morgan fingerprint density at radius 3 is 2.55 bits per heavy atom. The van der Waals surface area contributed by atoms with Crippen LogP contribution in [0.3, 0.4) is 0 Å². The summed E-state index contributed by atoms with van der Waals surface area (Å²) in [6.07, 6.45) is 2.25. The van der Waals surface area contributed by atoms with Crippen molar-refractivity contribution in [3.8, 4) is 0 Å². The maximum absolute atomic E-state index is 13.1. The third-order valence-electron chi connectivity index (χ3n) is 5.25. The van der Waals surface area contributed by atoms with E-state index in [0.717, 1.165) is 32.5 Å². The number of carbonyl (C=O) groups is 3. The van der Waals surface area contributed by atoms with E-state index in [2.05, 4.69) is 10.6 Å². The number of carbonyl (C=O) groups excluding carboxylic acids is 3. The normalized spacial score (nSPS) is 19.1. The van der Waals surface area contributed by atoms with Crippen LogP contribution < -0.4 is 10.6 Å². The minimum Gasteiger partial charge on any atom is -0.376 e. The van der Waals surface area contributed by atoms with Crippen molar-refractivity contribution in [2.24, 2.45) is 0 Å². The lowest BCUT2D eigenvalue weighted by Gasteiger charge is -2.30. The zero-order valence-corrected chi connectivity index (χ0v) is 17.0. The highest BCUT2D eigenvalue weighted by atomic mass is 16.5. The number of rotatable bonds is 7. The van der Waals surface area contributed by atoms with Crippen LogP contribution in [0.2, 0.25) is 0 Å². The summed E-state index contributed by atoms with van der Waals surface area (Å²) in [5, 5.41) is 5.93. The fraction of sp³-hybridized carbons (Fsp3) is 0.571. The van der Waals surface area contributed by atoms with E-state index < -0.39 is 0 Å². The summed E-state index contributed by atoms with van der Waals surface area (Å²) in [5.41, 5.74) is 1.18. The zero-order chi connectivity index (χ0) is 20.6. The lowest BCUT2D eigenvalue weighted by atomic mass is 10.1. The molecule has 1 unspecified atom stereocenters. The van der Waals surface area contributed by atoms with Gasteiger partial charge in [0.2, 0.25) is 11.8 Å². The van der Waals surface area contributed by atoms with Gasteiger partial charge in [-0.05, 0) is 37.1 Å². The van der Waals surface area contributed by atoms with E-state index in [-0.39, 0.29) is 23.8 Å². The maximum Gasteiger partial charge on any atom is 0.253 e. The molecule has 8 heteroatoms. The molecular weight excluding hydrogens is 372 g/mol. The molecule has 0 aromatic heterocycles. The van der Waals surface area contributed by atoms with Crippen molar-refractivity contribution in [3.63, 3.8) is 0 Å². The van der Waals surface area contributed by atoms with Crippen LogP contribution >= 0.6 is 0 Å². The van der Waals surface area contributed by atoms with Gasteiger partial charge in [-0.1, -0.05) is 0 Å². The average Bonchev–Trinajstić information content (AvgIpc) is 3.24. The second-order valence-electron chi connectivity index (χ2n) is 7.53. The molecule has 2 saturated heterocycles. The van der Waals surface area contributed by atoms with Gasteiger partial charge in [-0.15, -0.1) is 0 Å². The molecular formula is C21H30N4O4. The molecule has 1 aromatic rings. The fourth-order valence-electron chi connectivity index (χ4n) is 3.69. The van der Waals surface area contributed by atoms with E-state index in [9.17, 15) is 14.4 Å². The maximum atomic E-state index is 13.1. The van der Waals surface area contributed by atoms with Crippen LogP contribution in [-0.4, -0.2) is 79.5 Å². The summed E-state index contributed by atoms with van der Waals surface area (Å²) in [7, 11) is 0. The molecule has 1 aromatic carbocycles. The summed E-state index contributed by atoms with van der Waals surface area (Å²) >= 11 is 0. The van der Waals surface area contributed by atoms with Gasteiger partial charge < -0.3 is 25.2 Å². The van der Waals surface area contributed by atoms with Crippen LogP contribution in [0.5, 0.6) is 0 Å². The van der Waals surface area contributed by atoms with Crippen LogP contribution in [0.1, 0.15) is 36.5 Å². The number of hydrogen-bond acceptors (Lipinski definition) is 5. The van der Waals surface area contributed by atoms with Crippen molar-refractivity contribution < 1.29 is 19.1 Å². The predicted octanol–water partition coefficient (Wildman–Crippen LogP) is 1.09. The molecule has 2 aliphatic heterocycles. The van der Waals surface area contributed by atoms with Gasteiger partial charge in [0, 0.05) is 70.5 Å². The standard InChI is InChI=1S/C21H30N4O4/c1-16(26)23-18-6-4-17(5-7-18)21(28)25(15-19-3-2-14-29-19)11-8-20(27)24-12-9-22-10-13-24/h4-7,19,22H,2-3,8-15H2,1H3,(H,23,26). The number of ether oxygens (including phenoxy) is 1. The third kappa shape index (κ3) is 6.27. The molecule has 0 radical (unpaired) electrons. The fourth-order valence-corrected chi connectivity index (χ4v) is 3.69. The zero-order valence-electron chi connectivity index (χ0n) is 17.0. The van der Waals surface area contributed by atoms with Crippen molar-refractivity contribution in [2.45, 2.75) is 32.3 Å². The first-order valence-corrected chi connectivity index (χ1v) is 10.3. The number of benzene rings is 1. The molecule has 2 aliphatic rings. The molecule has 1 atom stereocenters. The van der Waals surface area contributed by atoms with Crippen molar-refractivity contribution in [1.82, 2.24) is 15.1 Å². The smallest absolute Gasteiger partial charge is 0.253 e. The van der Waals surface area contributed by atoms with E-state index in [1.165, 1.54) is 6.92 Å². The minimum absolute atomic E-state index is 0.0203. The first-order valence-electron chi connectivity index (χ1n) is 10.3. The lowest BCUT2D eigenvalue weighted by molar-refractivity contribution is -0.132. The van der Waals surface area contributed by atoms with Crippen LogP contribution in [0.4, 0.5) is 5.69 Å². The number of piperazine rings is 1. The highest BCUT2D eigenvalue weighted by molar-refractivity contribution is 5.95. The first kappa shape index (κ1) is 21.3. The Morgan fingerprint density at radius 1 is 1.21 bits per heavy atom. The Labute approximate surface area is 171 Å². The second-order valence-corrected chi connectivity index (χ2v) is 7.53. The largest absolute Gasteiger partial charge is 0.376 e. The van der Waals surface area contributed by atoms with Gasteiger partial charge in [-0.25, -0.2) is 0 Å². The summed E-state index contributed by atoms with van der Waals surface area (Å²) in [6.45, 7) is 6.06. The van der Waals surface area contributed by atoms with Gasteiger partial charge in [0.05, 0.1) is 6.10 Å². The van der Waals surface area contributed by atoms with Crippen molar-refractivity contribution in [3.05, 3.63) is 29.8 Å². The summed E-state index contributed by atoms with van der Waals surface area (Å²) < 4.78 is 5.71. The molecule has 2 fully saturated rings. The van der Waals surface area contributed by atoms with Crippen LogP contribution in [0, 0.1) is 0 Å². The molecule has 0 saturated carbocycles. The molecule has 8 nitrogen and oxygen atoms in total. The first-order chi connectivity index (χ1) is 14.0. The minimum atomic E-state index is -0.157. The molecule has 3 rings (SSSR count). The van der Waals surface area contributed by atoms with Gasteiger partial charge in [0.25, 0.3) is 5.91 Å². The van der Waals surface area contributed by atoms with Gasteiger partial charge in [-0.3, -0.25) is 14.4 Å². The van der Waals surface area contributed by atoms with Crippen LogP contribution in [0.15, 0.2) is 24.3 Å². The van der Waals surface area contributed by atoms with Crippen LogP contribution in [-0.2, 0) is 14.3 Å². The number of hydrogen-bond donors (Lipinski definition) is 2. The van der Waals surface area contributed by atoms with Gasteiger partial charge >= 0.3 is 0 Å². The van der Waals surface area contributed by atoms with Crippen molar-refractivity contribution in [1.29, 1.82) is 0 Å². The lowest BCUT2D eigenvalue weighted by Crippen LogP contribution is -2.47. The Hall–Kier alpha value is -2.45. The Morgan fingerprint density at radius 2 is 1.93 bits per heavy atom. The van der Waals surface area contributed by atoms with E-state index in [1.807, 2.05) is 4.90 Å². The molecule has 158 valence electrons. The second kappa shape index (κ2) is 10.4. The summed E-state index contributed by atoms with van der Waals surface area (Å²) in [6, 6.07) is 6.83. The van der Waals surface area contributed by atoms with Gasteiger partial charge in [0.15, 0.2) is 0 Å². The molecule has 2 N–H and O–H groups in total. The number of amides is 3. The Kier molecular flexibility index (Phi) is 7.60. The Bertz CT molecular complexity index is 710. The monoisotopic (exact) mass is 402 g/mol. The van der Waals surface area contributed by atoms with E-state index in [4.69, 9.17) is 4.74 Å². The third-order valence-corrected chi connectivity index (χ3v) is 5.25. The summed E-state index contributed by atoms with van der Waals surface area (Å²) in [4.78, 5) is 40.4.